The molecule has 19 heavy (non-hydrogen) atoms. The van der Waals surface area contributed by atoms with Crippen molar-refractivity contribution < 1.29 is 9.53 Å². The summed E-state index contributed by atoms with van der Waals surface area (Å²) < 4.78 is 5.60. The molecule has 1 atom stereocenters. The van der Waals surface area contributed by atoms with Crippen molar-refractivity contribution in [3.05, 3.63) is 29.8 Å². The van der Waals surface area contributed by atoms with Crippen LogP contribution in [0.5, 0.6) is 5.75 Å². The van der Waals surface area contributed by atoms with Crippen LogP contribution < -0.4 is 10.5 Å². The molecule has 1 heterocycles. The van der Waals surface area contributed by atoms with Crippen LogP contribution in [0.2, 0.25) is 0 Å². The first-order valence-corrected chi connectivity index (χ1v) is 6.88. The quantitative estimate of drug-likeness (QED) is 0.898. The topological polar surface area (TPSA) is 55.6 Å². The standard InChI is InChI=1S/C15H22N2O2/c1-12-4-2-6-14(10-12)19-9-7-15(18)17-8-3-5-13(16)11-17/h2,4,6,10,13H,3,5,7-9,11,16H2,1H3. The molecule has 1 aromatic rings. The molecule has 0 saturated carbocycles. The van der Waals surface area contributed by atoms with E-state index >= 15 is 0 Å². The van der Waals surface area contributed by atoms with Gasteiger partial charge in [-0.15, -0.1) is 0 Å². The summed E-state index contributed by atoms with van der Waals surface area (Å²) in [6.45, 7) is 3.96. The highest BCUT2D eigenvalue weighted by Crippen LogP contribution is 2.13. The Morgan fingerprint density at radius 1 is 1.53 bits per heavy atom. The lowest BCUT2D eigenvalue weighted by atomic mass is 10.1. The summed E-state index contributed by atoms with van der Waals surface area (Å²) in [5.74, 6) is 0.964. The fourth-order valence-corrected chi connectivity index (χ4v) is 2.36. The second kappa shape index (κ2) is 6.57. The lowest BCUT2D eigenvalue weighted by Crippen LogP contribution is -2.46. The summed E-state index contributed by atoms with van der Waals surface area (Å²) in [7, 11) is 0. The largest absolute Gasteiger partial charge is 0.493 e. The Hall–Kier alpha value is -1.55. The van der Waals surface area contributed by atoms with Gasteiger partial charge in [-0.25, -0.2) is 0 Å². The number of carbonyl (C=O) groups is 1. The maximum absolute atomic E-state index is 12.0. The number of rotatable bonds is 4. The van der Waals surface area contributed by atoms with Gasteiger partial charge in [0.2, 0.25) is 5.91 Å². The highest BCUT2D eigenvalue weighted by Gasteiger charge is 2.20. The number of amides is 1. The van der Waals surface area contributed by atoms with Gasteiger partial charge in [0.05, 0.1) is 13.0 Å². The molecule has 0 bridgehead atoms. The van der Waals surface area contributed by atoms with E-state index in [0.29, 0.717) is 19.6 Å². The van der Waals surface area contributed by atoms with E-state index in [0.717, 1.165) is 30.7 Å². The lowest BCUT2D eigenvalue weighted by Gasteiger charge is -2.30. The van der Waals surface area contributed by atoms with Gasteiger partial charge >= 0.3 is 0 Å². The molecule has 0 aromatic heterocycles. The van der Waals surface area contributed by atoms with Gasteiger partial charge in [-0.1, -0.05) is 12.1 Å². The minimum Gasteiger partial charge on any atom is -0.493 e. The predicted octanol–water partition coefficient (Wildman–Crippen LogP) is 1.71. The van der Waals surface area contributed by atoms with Gasteiger partial charge in [-0.3, -0.25) is 4.79 Å². The van der Waals surface area contributed by atoms with Crippen molar-refractivity contribution in [1.82, 2.24) is 4.90 Å². The summed E-state index contributed by atoms with van der Waals surface area (Å²) in [5.41, 5.74) is 7.03. The Bertz CT molecular complexity index is 434. The van der Waals surface area contributed by atoms with E-state index in [9.17, 15) is 4.79 Å². The summed E-state index contributed by atoms with van der Waals surface area (Å²) >= 11 is 0. The summed E-state index contributed by atoms with van der Waals surface area (Å²) in [6, 6.07) is 7.99. The van der Waals surface area contributed by atoms with Crippen LogP contribution in [-0.2, 0) is 4.79 Å². The molecule has 1 saturated heterocycles. The van der Waals surface area contributed by atoms with Crippen LogP contribution in [0.4, 0.5) is 0 Å². The predicted molar refractivity (Wildman–Crippen MR) is 75.1 cm³/mol. The number of benzene rings is 1. The van der Waals surface area contributed by atoms with E-state index in [-0.39, 0.29) is 11.9 Å². The van der Waals surface area contributed by atoms with E-state index in [1.165, 1.54) is 0 Å². The van der Waals surface area contributed by atoms with Crippen LogP contribution >= 0.6 is 0 Å². The zero-order valence-electron chi connectivity index (χ0n) is 11.5. The Morgan fingerprint density at radius 3 is 3.11 bits per heavy atom. The van der Waals surface area contributed by atoms with Crippen molar-refractivity contribution in [1.29, 1.82) is 0 Å². The molecule has 0 spiro atoms. The van der Waals surface area contributed by atoms with Crippen molar-refractivity contribution in [3.8, 4) is 5.75 Å². The van der Waals surface area contributed by atoms with Crippen LogP contribution in [0.15, 0.2) is 24.3 Å². The van der Waals surface area contributed by atoms with Crippen molar-refractivity contribution >= 4 is 5.91 Å². The molecule has 2 rings (SSSR count). The monoisotopic (exact) mass is 262 g/mol. The van der Waals surface area contributed by atoms with E-state index < -0.39 is 0 Å². The average Bonchev–Trinajstić information content (AvgIpc) is 2.38. The van der Waals surface area contributed by atoms with Crippen molar-refractivity contribution in [2.75, 3.05) is 19.7 Å². The van der Waals surface area contributed by atoms with Gasteiger partial charge < -0.3 is 15.4 Å². The molecule has 1 aliphatic heterocycles. The minimum absolute atomic E-state index is 0.135. The third-order valence-corrected chi connectivity index (χ3v) is 3.38. The van der Waals surface area contributed by atoms with Gasteiger partial charge in [-0.2, -0.15) is 0 Å². The summed E-state index contributed by atoms with van der Waals surface area (Å²) in [5, 5.41) is 0. The van der Waals surface area contributed by atoms with E-state index in [2.05, 4.69) is 0 Å². The fraction of sp³-hybridized carbons (Fsp3) is 0.533. The van der Waals surface area contributed by atoms with E-state index in [1.54, 1.807) is 0 Å². The Kier molecular flexibility index (Phi) is 4.80. The van der Waals surface area contributed by atoms with Crippen molar-refractivity contribution in [2.45, 2.75) is 32.2 Å². The molecule has 1 fully saturated rings. The number of ether oxygens (including phenoxy) is 1. The smallest absolute Gasteiger partial charge is 0.226 e. The molecule has 104 valence electrons. The molecule has 0 radical (unpaired) electrons. The molecule has 1 aliphatic rings. The van der Waals surface area contributed by atoms with Crippen molar-refractivity contribution in [2.24, 2.45) is 5.73 Å². The van der Waals surface area contributed by atoms with Crippen LogP contribution in [0.1, 0.15) is 24.8 Å². The summed E-state index contributed by atoms with van der Waals surface area (Å²) in [4.78, 5) is 13.8. The maximum Gasteiger partial charge on any atom is 0.226 e. The second-order valence-electron chi connectivity index (χ2n) is 5.16. The number of aryl methyl sites for hydroxylation is 1. The average molecular weight is 262 g/mol. The number of nitrogens with two attached hydrogens (primary N) is 1. The molecule has 1 amide bonds. The Morgan fingerprint density at radius 2 is 2.37 bits per heavy atom. The second-order valence-corrected chi connectivity index (χ2v) is 5.16. The van der Waals surface area contributed by atoms with Gasteiger partial charge in [0.1, 0.15) is 5.75 Å². The van der Waals surface area contributed by atoms with Crippen LogP contribution in [0, 0.1) is 6.92 Å². The number of nitrogens with zero attached hydrogens (tertiary/aromatic N) is 1. The molecule has 0 aliphatic carbocycles. The number of likely N-dealkylation sites (tertiary alicyclic amines) is 1. The summed E-state index contributed by atoms with van der Waals surface area (Å²) in [6.07, 6.45) is 2.44. The minimum atomic E-state index is 0.135. The maximum atomic E-state index is 12.0. The Balaban J connectivity index is 1.74. The van der Waals surface area contributed by atoms with Crippen LogP contribution in [0.25, 0.3) is 0 Å². The zero-order chi connectivity index (χ0) is 13.7. The SMILES string of the molecule is Cc1cccc(OCCC(=O)N2CCCC(N)C2)c1. The zero-order valence-corrected chi connectivity index (χ0v) is 11.5. The van der Waals surface area contributed by atoms with Gasteiger partial charge in [0.25, 0.3) is 0 Å². The van der Waals surface area contributed by atoms with Gasteiger partial charge in [0.15, 0.2) is 0 Å². The first-order valence-electron chi connectivity index (χ1n) is 6.88. The number of carbonyl (C=O) groups excluding carboxylic acids is 1. The molecule has 2 N–H and O–H groups in total. The molecule has 4 heteroatoms. The third kappa shape index (κ3) is 4.24. The number of piperidine rings is 1. The van der Waals surface area contributed by atoms with Crippen LogP contribution in [0.3, 0.4) is 0 Å². The first kappa shape index (κ1) is 13.9. The normalized spacial score (nSPS) is 19.3. The van der Waals surface area contributed by atoms with E-state index in [1.807, 2.05) is 36.1 Å². The number of hydrogen-bond donors (Lipinski definition) is 1. The molecular formula is C15H22N2O2. The van der Waals surface area contributed by atoms with E-state index in [4.69, 9.17) is 10.5 Å². The Labute approximate surface area is 114 Å². The molecule has 4 nitrogen and oxygen atoms in total. The number of hydrogen-bond acceptors (Lipinski definition) is 3. The highest BCUT2D eigenvalue weighted by molar-refractivity contribution is 5.76. The van der Waals surface area contributed by atoms with Crippen molar-refractivity contribution in [3.63, 3.8) is 0 Å². The molecule has 1 aromatic carbocycles. The third-order valence-electron chi connectivity index (χ3n) is 3.38. The fourth-order valence-electron chi connectivity index (χ4n) is 2.36. The molecular weight excluding hydrogens is 240 g/mol. The van der Waals surface area contributed by atoms with Crippen LogP contribution in [-0.4, -0.2) is 36.5 Å². The highest BCUT2D eigenvalue weighted by atomic mass is 16.5. The molecule has 1 unspecified atom stereocenters. The van der Waals surface area contributed by atoms with Gasteiger partial charge in [0, 0.05) is 19.1 Å². The lowest BCUT2D eigenvalue weighted by molar-refractivity contribution is -0.132. The first-order chi connectivity index (χ1) is 9.15. The van der Waals surface area contributed by atoms with Gasteiger partial charge in [-0.05, 0) is 37.5 Å².